The highest BCUT2D eigenvalue weighted by Gasteiger charge is 2.05. The Hall–Kier alpha value is -2.43. The van der Waals surface area contributed by atoms with Gasteiger partial charge in [-0.15, -0.1) is 0 Å². The van der Waals surface area contributed by atoms with Crippen LogP contribution in [-0.2, 0) is 0 Å². The van der Waals surface area contributed by atoms with E-state index in [0.29, 0.717) is 23.7 Å². The van der Waals surface area contributed by atoms with Crippen molar-refractivity contribution in [1.29, 1.82) is 0 Å². The van der Waals surface area contributed by atoms with Gasteiger partial charge in [0.2, 0.25) is 0 Å². The molecule has 0 aliphatic heterocycles. The van der Waals surface area contributed by atoms with E-state index in [-0.39, 0.29) is 5.75 Å². The lowest BCUT2D eigenvalue weighted by molar-refractivity contribution is 0.318. The number of nitrogens with one attached hydrogen (secondary N) is 1. The fourth-order valence-corrected chi connectivity index (χ4v) is 1.90. The van der Waals surface area contributed by atoms with Crippen LogP contribution < -0.4 is 20.5 Å². The lowest BCUT2D eigenvalue weighted by atomic mass is 10.2. The molecule has 0 saturated heterocycles. The van der Waals surface area contributed by atoms with Crippen molar-refractivity contribution >= 4 is 17.1 Å². The number of nitrogens with two attached hydrogens (primary N) is 1. The van der Waals surface area contributed by atoms with Gasteiger partial charge in [0.25, 0.3) is 0 Å². The van der Waals surface area contributed by atoms with E-state index in [9.17, 15) is 4.39 Å². The molecule has 0 unspecified atom stereocenters. The third-order valence-electron chi connectivity index (χ3n) is 2.84. The highest BCUT2D eigenvalue weighted by atomic mass is 19.1. The number of methoxy groups -OCH3 is 1. The van der Waals surface area contributed by atoms with Gasteiger partial charge in [0.15, 0.2) is 11.6 Å². The monoisotopic (exact) mass is 290 g/mol. The first kappa shape index (κ1) is 15.0. The summed E-state index contributed by atoms with van der Waals surface area (Å²) in [5, 5.41) is 3.16. The van der Waals surface area contributed by atoms with Crippen molar-refractivity contribution in [1.82, 2.24) is 0 Å². The zero-order valence-corrected chi connectivity index (χ0v) is 12.2. The zero-order valence-electron chi connectivity index (χ0n) is 12.2. The number of nitrogen functional groups attached to an aromatic ring is 1. The second-order valence-corrected chi connectivity index (χ2v) is 4.61. The van der Waals surface area contributed by atoms with Gasteiger partial charge >= 0.3 is 0 Å². The van der Waals surface area contributed by atoms with Crippen molar-refractivity contribution in [3.8, 4) is 11.5 Å². The SMILES string of the molecule is CCCOc1cc(N)cc(Nc2ccc(F)c(OC)c2)c1. The van der Waals surface area contributed by atoms with Gasteiger partial charge in [-0.25, -0.2) is 4.39 Å². The molecule has 112 valence electrons. The summed E-state index contributed by atoms with van der Waals surface area (Å²) in [6.07, 6.45) is 0.923. The number of anilines is 3. The molecule has 0 radical (unpaired) electrons. The minimum absolute atomic E-state index is 0.186. The summed E-state index contributed by atoms with van der Waals surface area (Å²) in [7, 11) is 1.43. The number of rotatable bonds is 6. The van der Waals surface area contributed by atoms with Crippen LogP contribution in [0.3, 0.4) is 0 Å². The smallest absolute Gasteiger partial charge is 0.165 e. The molecule has 0 aromatic heterocycles. The van der Waals surface area contributed by atoms with E-state index in [4.69, 9.17) is 15.2 Å². The zero-order chi connectivity index (χ0) is 15.2. The van der Waals surface area contributed by atoms with Gasteiger partial charge < -0.3 is 20.5 Å². The molecular formula is C16H19FN2O2. The molecule has 0 aliphatic carbocycles. The first-order valence-electron chi connectivity index (χ1n) is 6.76. The number of hydrogen-bond donors (Lipinski definition) is 2. The molecule has 0 atom stereocenters. The standard InChI is InChI=1S/C16H19FN2O2/c1-3-6-21-14-8-11(18)7-13(9-14)19-12-4-5-15(17)16(10-12)20-2/h4-5,7-10,19H,3,6,18H2,1-2H3. The minimum atomic E-state index is -0.400. The summed E-state index contributed by atoms with van der Waals surface area (Å²) >= 11 is 0. The fourth-order valence-electron chi connectivity index (χ4n) is 1.90. The maximum atomic E-state index is 13.4. The fraction of sp³-hybridized carbons (Fsp3) is 0.250. The van der Waals surface area contributed by atoms with E-state index in [1.165, 1.54) is 13.2 Å². The van der Waals surface area contributed by atoms with Gasteiger partial charge in [-0.05, 0) is 24.6 Å². The molecular weight excluding hydrogens is 271 g/mol. The van der Waals surface area contributed by atoms with Crippen LogP contribution in [-0.4, -0.2) is 13.7 Å². The first-order valence-corrected chi connectivity index (χ1v) is 6.76. The van der Waals surface area contributed by atoms with E-state index >= 15 is 0 Å². The van der Waals surface area contributed by atoms with Gasteiger partial charge in [0, 0.05) is 35.3 Å². The van der Waals surface area contributed by atoms with E-state index in [2.05, 4.69) is 5.32 Å². The Morgan fingerprint density at radius 2 is 1.95 bits per heavy atom. The summed E-state index contributed by atoms with van der Waals surface area (Å²) in [4.78, 5) is 0. The number of hydrogen-bond acceptors (Lipinski definition) is 4. The molecule has 2 aromatic rings. The number of ether oxygens (including phenoxy) is 2. The van der Waals surface area contributed by atoms with Crippen LogP contribution >= 0.6 is 0 Å². The quantitative estimate of drug-likeness (QED) is 0.791. The first-order chi connectivity index (χ1) is 10.1. The van der Waals surface area contributed by atoms with Crippen molar-refractivity contribution in [2.45, 2.75) is 13.3 Å². The topological polar surface area (TPSA) is 56.5 Å². The van der Waals surface area contributed by atoms with Crippen LogP contribution in [0.25, 0.3) is 0 Å². The Morgan fingerprint density at radius 1 is 1.14 bits per heavy atom. The van der Waals surface area contributed by atoms with Crippen LogP contribution in [0.15, 0.2) is 36.4 Å². The van der Waals surface area contributed by atoms with Gasteiger partial charge in [0.05, 0.1) is 13.7 Å². The highest BCUT2D eigenvalue weighted by Crippen LogP contribution is 2.28. The molecule has 0 amide bonds. The minimum Gasteiger partial charge on any atom is -0.494 e. The normalized spacial score (nSPS) is 10.2. The van der Waals surface area contributed by atoms with Crippen molar-refractivity contribution in [2.75, 3.05) is 24.8 Å². The van der Waals surface area contributed by atoms with Crippen LogP contribution in [0.4, 0.5) is 21.5 Å². The number of halogens is 1. The Morgan fingerprint density at radius 3 is 2.67 bits per heavy atom. The number of benzene rings is 2. The van der Waals surface area contributed by atoms with Crippen molar-refractivity contribution in [3.63, 3.8) is 0 Å². The Bertz CT molecular complexity index is 617. The molecule has 3 N–H and O–H groups in total. The van der Waals surface area contributed by atoms with Gasteiger partial charge in [-0.3, -0.25) is 0 Å². The largest absolute Gasteiger partial charge is 0.494 e. The van der Waals surface area contributed by atoms with Crippen molar-refractivity contribution < 1.29 is 13.9 Å². The van der Waals surface area contributed by atoms with Crippen LogP contribution in [0.1, 0.15) is 13.3 Å². The molecule has 2 rings (SSSR count). The van der Waals surface area contributed by atoms with Gasteiger partial charge in [-0.1, -0.05) is 6.92 Å². The predicted molar refractivity (Wildman–Crippen MR) is 82.9 cm³/mol. The van der Waals surface area contributed by atoms with Crippen LogP contribution in [0.5, 0.6) is 11.5 Å². The van der Waals surface area contributed by atoms with E-state index in [0.717, 1.165) is 12.1 Å². The molecule has 0 spiro atoms. The van der Waals surface area contributed by atoms with E-state index < -0.39 is 5.82 Å². The molecule has 0 aliphatic rings. The second kappa shape index (κ2) is 6.83. The summed E-state index contributed by atoms with van der Waals surface area (Å²) in [5.41, 5.74) is 7.94. The summed E-state index contributed by atoms with van der Waals surface area (Å²) < 4.78 is 23.9. The Labute approximate surface area is 123 Å². The van der Waals surface area contributed by atoms with Crippen LogP contribution in [0, 0.1) is 5.82 Å². The molecule has 4 nitrogen and oxygen atoms in total. The molecule has 2 aromatic carbocycles. The molecule has 0 saturated carbocycles. The third-order valence-corrected chi connectivity index (χ3v) is 2.84. The molecule has 0 heterocycles. The maximum Gasteiger partial charge on any atom is 0.165 e. The molecule has 21 heavy (non-hydrogen) atoms. The van der Waals surface area contributed by atoms with Gasteiger partial charge in [0.1, 0.15) is 5.75 Å². The summed E-state index contributed by atoms with van der Waals surface area (Å²) in [6, 6.07) is 9.98. The average Bonchev–Trinajstić information content (AvgIpc) is 2.46. The van der Waals surface area contributed by atoms with Crippen LogP contribution in [0.2, 0.25) is 0 Å². The Balaban J connectivity index is 2.20. The average molecular weight is 290 g/mol. The maximum absolute atomic E-state index is 13.4. The second-order valence-electron chi connectivity index (χ2n) is 4.61. The van der Waals surface area contributed by atoms with E-state index in [1.807, 2.05) is 13.0 Å². The predicted octanol–water partition coefficient (Wildman–Crippen LogP) is 3.95. The van der Waals surface area contributed by atoms with E-state index in [1.54, 1.807) is 24.3 Å². The van der Waals surface area contributed by atoms with Crippen molar-refractivity contribution in [2.24, 2.45) is 0 Å². The van der Waals surface area contributed by atoms with Gasteiger partial charge in [-0.2, -0.15) is 0 Å². The highest BCUT2D eigenvalue weighted by molar-refractivity contribution is 5.67. The van der Waals surface area contributed by atoms with Crippen molar-refractivity contribution in [3.05, 3.63) is 42.2 Å². The Kier molecular flexibility index (Phi) is 4.87. The molecule has 5 heteroatoms. The lowest BCUT2D eigenvalue weighted by Gasteiger charge is -2.12. The molecule has 0 bridgehead atoms. The molecule has 0 fully saturated rings. The lowest BCUT2D eigenvalue weighted by Crippen LogP contribution is -1.99. The summed E-state index contributed by atoms with van der Waals surface area (Å²) in [5.74, 6) is 0.488. The third kappa shape index (κ3) is 4.02. The summed E-state index contributed by atoms with van der Waals surface area (Å²) in [6.45, 7) is 2.67.